The number of carbonyl (C=O) groups is 1. The van der Waals surface area contributed by atoms with Gasteiger partial charge in [-0.2, -0.15) is 5.10 Å². The van der Waals surface area contributed by atoms with E-state index >= 15 is 0 Å². The van der Waals surface area contributed by atoms with E-state index in [9.17, 15) is 4.79 Å². The highest BCUT2D eigenvalue weighted by Gasteiger charge is 2.16. The van der Waals surface area contributed by atoms with Gasteiger partial charge in [0.2, 0.25) is 5.91 Å². The van der Waals surface area contributed by atoms with Crippen LogP contribution in [0.15, 0.2) is 55.1 Å². The highest BCUT2D eigenvalue weighted by Crippen LogP contribution is 2.30. The summed E-state index contributed by atoms with van der Waals surface area (Å²) in [4.78, 5) is 19.7. The summed E-state index contributed by atoms with van der Waals surface area (Å²) in [5.74, 6) is -0.448. The first kappa shape index (κ1) is 13.0. The molecule has 0 aromatic carbocycles. The lowest BCUT2D eigenvalue weighted by Gasteiger charge is -2.08. The lowest BCUT2D eigenvalue weighted by molar-refractivity contribution is -0.118. The first-order chi connectivity index (χ1) is 10.3. The zero-order valence-electron chi connectivity index (χ0n) is 11.2. The Labute approximate surface area is 121 Å². The van der Waals surface area contributed by atoms with Gasteiger partial charge in [-0.15, -0.1) is 0 Å². The molecule has 0 bridgehead atoms. The van der Waals surface area contributed by atoms with Gasteiger partial charge in [-0.1, -0.05) is 6.07 Å². The van der Waals surface area contributed by atoms with Crippen molar-refractivity contribution in [2.24, 2.45) is 5.73 Å². The molecular formula is C15H13N5O. The maximum Gasteiger partial charge on any atom is 0.239 e. The van der Waals surface area contributed by atoms with Crippen LogP contribution in [-0.2, 0) is 11.3 Å². The van der Waals surface area contributed by atoms with Crippen LogP contribution in [0.4, 0.5) is 0 Å². The summed E-state index contributed by atoms with van der Waals surface area (Å²) in [6.07, 6.45) is 6.82. The molecule has 0 unspecified atom stereocenters. The normalized spacial score (nSPS) is 10.5. The average molecular weight is 279 g/mol. The molecule has 0 atom stereocenters. The third-order valence-electron chi connectivity index (χ3n) is 3.02. The molecule has 2 N–H and O–H groups in total. The summed E-state index contributed by atoms with van der Waals surface area (Å²) in [5.41, 5.74) is 8.55. The number of amides is 1. The Hall–Kier alpha value is -3.02. The summed E-state index contributed by atoms with van der Waals surface area (Å²) in [5, 5.41) is 4.26. The number of rotatable bonds is 4. The van der Waals surface area contributed by atoms with Crippen LogP contribution in [0.25, 0.3) is 22.5 Å². The number of pyridine rings is 2. The third kappa shape index (κ3) is 2.64. The topological polar surface area (TPSA) is 86.7 Å². The van der Waals surface area contributed by atoms with Crippen LogP contribution in [0.5, 0.6) is 0 Å². The molecule has 21 heavy (non-hydrogen) atoms. The number of nitrogens with zero attached hydrogens (tertiary/aromatic N) is 4. The van der Waals surface area contributed by atoms with Crippen molar-refractivity contribution in [2.75, 3.05) is 0 Å². The van der Waals surface area contributed by atoms with Crippen molar-refractivity contribution in [2.45, 2.75) is 6.54 Å². The predicted molar refractivity (Wildman–Crippen MR) is 77.9 cm³/mol. The van der Waals surface area contributed by atoms with Crippen LogP contribution in [0.2, 0.25) is 0 Å². The first-order valence-corrected chi connectivity index (χ1v) is 6.41. The zero-order chi connectivity index (χ0) is 14.7. The SMILES string of the molecule is NC(=O)Cn1ncc(-c2ccccn2)c1-c1cccnc1. The molecule has 3 heterocycles. The number of nitrogens with two attached hydrogens (primary N) is 1. The van der Waals surface area contributed by atoms with Crippen LogP contribution >= 0.6 is 0 Å². The lowest BCUT2D eigenvalue weighted by Crippen LogP contribution is -2.20. The fourth-order valence-corrected chi connectivity index (χ4v) is 2.17. The van der Waals surface area contributed by atoms with Gasteiger partial charge in [-0.3, -0.25) is 19.4 Å². The van der Waals surface area contributed by atoms with E-state index < -0.39 is 5.91 Å². The van der Waals surface area contributed by atoms with Crippen molar-refractivity contribution >= 4 is 5.91 Å². The summed E-state index contributed by atoms with van der Waals surface area (Å²) >= 11 is 0. The Bertz CT molecular complexity index is 752. The van der Waals surface area contributed by atoms with E-state index in [2.05, 4.69) is 15.1 Å². The molecular weight excluding hydrogens is 266 g/mol. The maximum absolute atomic E-state index is 11.2. The number of carbonyl (C=O) groups excluding carboxylic acids is 1. The standard InChI is InChI=1S/C15H13N5O/c16-14(21)10-20-15(11-4-3-6-17-8-11)12(9-19-20)13-5-1-2-7-18-13/h1-9H,10H2,(H2,16,21). The largest absolute Gasteiger partial charge is 0.368 e. The lowest BCUT2D eigenvalue weighted by atomic mass is 10.1. The maximum atomic E-state index is 11.2. The molecule has 3 aromatic rings. The van der Waals surface area contributed by atoms with Crippen molar-refractivity contribution in [3.05, 3.63) is 55.1 Å². The van der Waals surface area contributed by atoms with Gasteiger partial charge in [-0.05, 0) is 24.3 Å². The van der Waals surface area contributed by atoms with Crippen LogP contribution in [-0.4, -0.2) is 25.7 Å². The monoisotopic (exact) mass is 279 g/mol. The van der Waals surface area contributed by atoms with E-state index in [0.29, 0.717) is 0 Å². The fourth-order valence-electron chi connectivity index (χ4n) is 2.17. The quantitative estimate of drug-likeness (QED) is 0.784. The van der Waals surface area contributed by atoms with Crippen molar-refractivity contribution < 1.29 is 4.79 Å². The van der Waals surface area contributed by atoms with Crippen LogP contribution in [0, 0.1) is 0 Å². The van der Waals surface area contributed by atoms with Gasteiger partial charge in [0.25, 0.3) is 0 Å². The molecule has 0 fully saturated rings. The van der Waals surface area contributed by atoms with E-state index in [-0.39, 0.29) is 6.54 Å². The van der Waals surface area contributed by atoms with Gasteiger partial charge in [0.1, 0.15) is 6.54 Å². The Morgan fingerprint density at radius 1 is 1.14 bits per heavy atom. The third-order valence-corrected chi connectivity index (χ3v) is 3.02. The van der Waals surface area contributed by atoms with E-state index in [4.69, 9.17) is 5.73 Å². The molecule has 0 saturated carbocycles. The molecule has 0 aliphatic heterocycles. The molecule has 0 radical (unpaired) electrons. The molecule has 0 saturated heterocycles. The average Bonchev–Trinajstić information content (AvgIpc) is 2.92. The minimum Gasteiger partial charge on any atom is -0.368 e. The summed E-state index contributed by atoms with van der Waals surface area (Å²) in [6.45, 7) is 0.0110. The van der Waals surface area contributed by atoms with Crippen LogP contribution < -0.4 is 5.73 Å². The number of primary amides is 1. The van der Waals surface area contributed by atoms with E-state index in [1.54, 1.807) is 29.5 Å². The molecule has 6 heteroatoms. The van der Waals surface area contributed by atoms with Gasteiger partial charge in [0.15, 0.2) is 0 Å². The smallest absolute Gasteiger partial charge is 0.239 e. The summed E-state index contributed by atoms with van der Waals surface area (Å²) < 4.78 is 1.57. The number of aromatic nitrogens is 4. The number of hydrogen-bond donors (Lipinski definition) is 1. The van der Waals surface area contributed by atoms with E-state index in [0.717, 1.165) is 22.5 Å². The molecule has 1 amide bonds. The fraction of sp³-hybridized carbons (Fsp3) is 0.0667. The van der Waals surface area contributed by atoms with Crippen molar-refractivity contribution in [1.29, 1.82) is 0 Å². The molecule has 104 valence electrons. The van der Waals surface area contributed by atoms with Gasteiger partial charge < -0.3 is 5.73 Å². The van der Waals surface area contributed by atoms with Crippen molar-refractivity contribution in [3.8, 4) is 22.5 Å². The van der Waals surface area contributed by atoms with Crippen LogP contribution in [0.3, 0.4) is 0 Å². The Balaban J connectivity index is 2.18. The zero-order valence-corrected chi connectivity index (χ0v) is 11.2. The van der Waals surface area contributed by atoms with Gasteiger partial charge in [-0.25, -0.2) is 0 Å². The first-order valence-electron chi connectivity index (χ1n) is 6.41. The minimum absolute atomic E-state index is 0.0110. The molecule has 0 aliphatic rings. The summed E-state index contributed by atoms with van der Waals surface area (Å²) in [6, 6.07) is 9.39. The molecule has 0 aliphatic carbocycles. The Kier molecular flexibility index (Phi) is 3.42. The Morgan fingerprint density at radius 3 is 2.71 bits per heavy atom. The van der Waals surface area contributed by atoms with Gasteiger partial charge in [0, 0.05) is 29.7 Å². The van der Waals surface area contributed by atoms with Crippen molar-refractivity contribution in [3.63, 3.8) is 0 Å². The second kappa shape index (κ2) is 5.54. The van der Waals surface area contributed by atoms with E-state index in [1.807, 2.05) is 30.3 Å². The highest BCUT2D eigenvalue weighted by atomic mass is 16.1. The second-order valence-electron chi connectivity index (χ2n) is 4.49. The van der Waals surface area contributed by atoms with E-state index in [1.165, 1.54) is 0 Å². The number of hydrogen-bond acceptors (Lipinski definition) is 4. The Morgan fingerprint density at radius 2 is 2.05 bits per heavy atom. The van der Waals surface area contributed by atoms with Gasteiger partial charge >= 0.3 is 0 Å². The molecule has 0 spiro atoms. The van der Waals surface area contributed by atoms with Gasteiger partial charge in [0.05, 0.1) is 17.6 Å². The second-order valence-corrected chi connectivity index (χ2v) is 4.49. The molecule has 6 nitrogen and oxygen atoms in total. The van der Waals surface area contributed by atoms with Crippen molar-refractivity contribution in [1.82, 2.24) is 19.7 Å². The molecule has 3 aromatic heterocycles. The predicted octanol–water partition coefficient (Wildman–Crippen LogP) is 1.49. The minimum atomic E-state index is -0.448. The molecule has 3 rings (SSSR count). The van der Waals surface area contributed by atoms with Crippen LogP contribution in [0.1, 0.15) is 0 Å². The summed E-state index contributed by atoms with van der Waals surface area (Å²) in [7, 11) is 0. The highest BCUT2D eigenvalue weighted by molar-refractivity contribution is 5.80.